The van der Waals surface area contributed by atoms with Gasteiger partial charge in [0.2, 0.25) is 11.7 Å². The van der Waals surface area contributed by atoms with Crippen molar-refractivity contribution in [3.63, 3.8) is 0 Å². The van der Waals surface area contributed by atoms with Crippen molar-refractivity contribution in [3.8, 4) is 11.3 Å². The fourth-order valence-corrected chi connectivity index (χ4v) is 3.30. The molecule has 0 saturated carbocycles. The van der Waals surface area contributed by atoms with Crippen LogP contribution in [0.15, 0.2) is 24.4 Å². The monoisotopic (exact) mass is 428 g/mol. The van der Waals surface area contributed by atoms with Crippen molar-refractivity contribution in [1.82, 2.24) is 30.0 Å². The average molecular weight is 428 g/mol. The Bertz CT molecular complexity index is 1120. The molecule has 1 amide bonds. The Kier molecular flexibility index (Phi) is 5.36. The first-order valence-corrected chi connectivity index (χ1v) is 9.75. The van der Waals surface area contributed by atoms with Crippen LogP contribution in [0.4, 0.5) is 26.1 Å². The summed E-state index contributed by atoms with van der Waals surface area (Å²) in [6, 6.07) is 5.14. The van der Waals surface area contributed by atoms with Crippen LogP contribution in [0.1, 0.15) is 31.1 Å². The SMILES string of the molecule is CC(=O)Nc1cc(Nc2cc(C)nc(C(C)(F)F)n2)c(-c2cc3n(n2)CCNC3)cn1. The van der Waals surface area contributed by atoms with Gasteiger partial charge in [0.1, 0.15) is 11.6 Å². The quantitative estimate of drug-likeness (QED) is 0.573. The molecule has 0 atom stereocenters. The van der Waals surface area contributed by atoms with Crippen LogP contribution in [0, 0.1) is 6.92 Å². The molecule has 0 radical (unpaired) electrons. The molecule has 0 fully saturated rings. The summed E-state index contributed by atoms with van der Waals surface area (Å²) in [6.07, 6.45) is 1.58. The molecule has 0 aromatic carbocycles. The van der Waals surface area contributed by atoms with Gasteiger partial charge in [0.05, 0.1) is 23.6 Å². The first-order chi connectivity index (χ1) is 14.7. The Morgan fingerprint density at radius 1 is 1.23 bits per heavy atom. The van der Waals surface area contributed by atoms with E-state index in [1.54, 1.807) is 25.3 Å². The van der Waals surface area contributed by atoms with Gasteiger partial charge >= 0.3 is 5.92 Å². The second-order valence-corrected chi connectivity index (χ2v) is 7.45. The number of aryl methyl sites for hydroxylation is 1. The number of rotatable bonds is 5. The van der Waals surface area contributed by atoms with Gasteiger partial charge in [-0.15, -0.1) is 0 Å². The normalized spacial score (nSPS) is 13.6. The van der Waals surface area contributed by atoms with E-state index < -0.39 is 11.7 Å². The fourth-order valence-electron chi connectivity index (χ4n) is 3.30. The molecule has 3 N–H and O–H groups in total. The highest BCUT2D eigenvalue weighted by molar-refractivity contribution is 5.89. The van der Waals surface area contributed by atoms with Crippen molar-refractivity contribution in [2.75, 3.05) is 17.2 Å². The van der Waals surface area contributed by atoms with Crippen LogP contribution in [0.25, 0.3) is 11.3 Å². The molecule has 0 aliphatic carbocycles. The van der Waals surface area contributed by atoms with Gasteiger partial charge in [-0.25, -0.2) is 15.0 Å². The number of nitrogens with zero attached hydrogens (tertiary/aromatic N) is 5. The summed E-state index contributed by atoms with van der Waals surface area (Å²) in [6.45, 7) is 6.02. The van der Waals surface area contributed by atoms with Crippen LogP contribution in [0.5, 0.6) is 0 Å². The summed E-state index contributed by atoms with van der Waals surface area (Å²) in [5.41, 5.74) is 3.27. The molecule has 4 heterocycles. The maximum Gasteiger partial charge on any atom is 0.303 e. The zero-order valence-electron chi connectivity index (χ0n) is 17.3. The minimum Gasteiger partial charge on any atom is -0.339 e. The molecule has 162 valence electrons. The lowest BCUT2D eigenvalue weighted by Gasteiger charge is -2.15. The van der Waals surface area contributed by atoms with Gasteiger partial charge in [-0.05, 0) is 13.0 Å². The average Bonchev–Trinajstić information content (AvgIpc) is 3.10. The molecule has 31 heavy (non-hydrogen) atoms. The van der Waals surface area contributed by atoms with Crippen LogP contribution < -0.4 is 16.0 Å². The maximum atomic E-state index is 13.8. The smallest absolute Gasteiger partial charge is 0.303 e. The zero-order valence-corrected chi connectivity index (χ0v) is 17.3. The summed E-state index contributed by atoms with van der Waals surface area (Å²) in [4.78, 5) is 23.6. The van der Waals surface area contributed by atoms with Crippen molar-refractivity contribution in [1.29, 1.82) is 0 Å². The minimum absolute atomic E-state index is 0.205. The third-order valence-corrected chi connectivity index (χ3v) is 4.66. The first-order valence-electron chi connectivity index (χ1n) is 9.75. The lowest BCUT2D eigenvalue weighted by Crippen LogP contribution is -2.28. The van der Waals surface area contributed by atoms with Crippen molar-refractivity contribution in [2.45, 2.75) is 39.8 Å². The van der Waals surface area contributed by atoms with E-state index in [-0.39, 0.29) is 11.7 Å². The summed E-state index contributed by atoms with van der Waals surface area (Å²) in [7, 11) is 0. The number of hydrogen-bond acceptors (Lipinski definition) is 7. The highest BCUT2D eigenvalue weighted by atomic mass is 19.3. The summed E-state index contributed by atoms with van der Waals surface area (Å²) >= 11 is 0. The molecule has 9 nitrogen and oxygen atoms in total. The van der Waals surface area contributed by atoms with Crippen molar-refractivity contribution >= 4 is 23.2 Å². The largest absolute Gasteiger partial charge is 0.339 e. The second kappa shape index (κ2) is 7.99. The number of anilines is 3. The lowest BCUT2D eigenvalue weighted by molar-refractivity contribution is -0.114. The topological polar surface area (TPSA) is 110 Å². The highest BCUT2D eigenvalue weighted by Gasteiger charge is 2.29. The predicted molar refractivity (Wildman–Crippen MR) is 111 cm³/mol. The van der Waals surface area contributed by atoms with Crippen molar-refractivity contribution < 1.29 is 13.6 Å². The van der Waals surface area contributed by atoms with Gasteiger partial charge in [-0.2, -0.15) is 13.9 Å². The number of aromatic nitrogens is 5. The van der Waals surface area contributed by atoms with Gasteiger partial charge in [0.15, 0.2) is 0 Å². The van der Waals surface area contributed by atoms with E-state index in [1.807, 2.05) is 10.7 Å². The van der Waals surface area contributed by atoms with E-state index in [4.69, 9.17) is 0 Å². The zero-order chi connectivity index (χ0) is 22.2. The van der Waals surface area contributed by atoms with E-state index in [0.717, 1.165) is 25.7 Å². The Morgan fingerprint density at radius 2 is 2.03 bits per heavy atom. The number of fused-ring (bicyclic) bond motifs is 1. The number of nitrogens with one attached hydrogen (secondary N) is 3. The van der Waals surface area contributed by atoms with Gasteiger partial charge in [-0.3, -0.25) is 9.48 Å². The fraction of sp³-hybridized carbons (Fsp3) is 0.350. The first kappa shape index (κ1) is 20.8. The molecule has 11 heteroatoms. The van der Waals surface area contributed by atoms with Gasteiger partial charge in [0, 0.05) is 56.5 Å². The molecule has 0 spiro atoms. The molecule has 0 saturated heterocycles. The van der Waals surface area contributed by atoms with Gasteiger partial charge in [0.25, 0.3) is 0 Å². The third-order valence-electron chi connectivity index (χ3n) is 4.66. The van der Waals surface area contributed by atoms with Gasteiger partial charge in [-0.1, -0.05) is 0 Å². The maximum absolute atomic E-state index is 13.8. The van der Waals surface area contributed by atoms with E-state index in [1.165, 1.54) is 6.92 Å². The second-order valence-electron chi connectivity index (χ2n) is 7.45. The number of hydrogen-bond donors (Lipinski definition) is 3. The van der Waals surface area contributed by atoms with Crippen LogP contribution in [0.3, 0.4) is 0 Å². The summed E-state index contributed by atoms with van der Waals surface area (Å²) < 4.78 is 29.5. The summed E-state index contributed by atoms with van der Waals surface area (Å²) in [5, 5.41) is 13.6. The number of amides is 1. The third kappa shape index (κ3) is 4.66. The molecule has 0 unspecified atom stereocenters. The number of carbonyl (C=O) groups is 1. The molecule has 1 aliphatic heterocycles. The Labute approximate surface area is 177 Å². The van der Waals surface area contributed by atoms with Crippen LogP contribution in [0.2, 0.25) is 0 Å². The highest BCUT2D eigenvalue weighted by Crippen LogP contribution is 2.32. The van der Waals surface area contributed by atoms with E-state index >= 15 is 0 Å². The van der Waals surface area contributed by atoms with Crippen LogP contribution >= 0.6 is 0 Å². The molecule has 4 rings (SSSR count). The van der Waals surface area contributed by atoms with Gasteiger partial charge < -0.3 is 16.0 Å². The summed E-state index contributed by atoms with van der Waals surface area (Å²) in [5.74, 6) is -3.51. The van der Waals surface area contributed by atoms with E-state index in [9.17, 15) is 13.6 Å². The van der Waals surface area contributed by atoms with Crippen LogP contribution in [-0.4, -0.2) is 37.2 Å². The minimum atomic E-state index is -3.18. The number of halogens is 2. The Morgan fingerprint density at radius 3 is 2.74 bits per heavy atom. The Hall–Kier alpha value is -3.47. The molecular formula is C20H22F2N8O. The lowest BCUT2D eigenvalue weighted by atomic mass is 10.1. The van der Waals surface area contributed by atoms with E-state index in [2.05, 4.69) is 36.0 Å². The molecule has 3 aromatic heterocycles. The molecular weight excluding hydrogens is 406 g/mol. The molecule has 0 bridgehead atoms. The number of carbonyl (C=O) groups excluding carboxylic acids is 1. The molecule has 3 aromatic rings. The number of alkyl halides is 2. The number of pyridine rings is 1. The van der Waals surface area contributed by atoms with Crippen molar-refractivity contribution in [2.24, 2.45) is 0 Å². The molecule has 1 aliphatic rings. The predicted octanol–water partition coefficient (Wildman–Crippen LogP) is 2.96. The van der Waals surface area contributed by atoms with Crippen molar-refractivity contribution in [3.05, 3.63) is 41.6 Å². The van der Waals surface area contributed by atoms with Crippen LogP contribution in [-0.2, 0) is 23.8 Å². The standard InChI is InChI=1S/C20H22F2N8O/c1-11-6-18(28-19(25-11)20(3,21)22)27-15-8-17(26-12(2)31)24-10-14(15)16-7-13-9-23-4-5-30(13)29-16/h6-8,10,23H,4-5,9H2,1-3H3,(H2,24,25,26,27,28,31). The Balaban J connectivity index is 1.77. The van der Waals surface area contributed by atoms with E-state index in [0.29, 0.717) is 35.0 Å².